The summed E-state index contributed by atoms with van der Waals surface area (Å²) in [5.74, 6) is -0.523. The fourth-order valence-corrected chi connectivity index (χ4v) is 3.34. The van der Waals surface area contributed by atoms with E-state index < -0.39 is 6.03 Å². The number of hydrogen-bond acceptors (Lipinski definition) is 3. The lowest BCUT2D eigenvalue weighted by atomic mass is 10.1. The molecule has 1 saturated heterocycles. The minimum absolute atomic E-state index is 0.0183. The SMILES string of the molecule is C[C@@H](NC(=O)c1ccc(CN2C(=O)CNC2=O)cc1)c1ccc(Cl)cc1Cl. The van der Waals surface area contributed by atoms with E-state index in [4.69, 9.17) is 23.2 Å². The number of amides is 4. The van der Waals surface area contributed by atoms with Crippen molar-refractivity contribution in [1.29, 1.82) is 0 Å². The van der Waals surface area contributed by atoms with E-state index in [2.05, 4.69) is 10.6 Å². The van der Waals surface area contributed by atoms with Crippen LogP contribution >= 0.6 is 23.2 Å². The molecule has 0 saturated carbocycles. The minimum atomic E-state index is -0.407. The van der Waals surface area contributed by atoms with Crippen LogP contribution in [0.1, 0.15) is 34.5 Å². The zero-order valence-electron chi connectivity index (χ0n) is 14.5. The number of imide groups is 1. The van der Waals surface area contributed by atoms with Gasteiger partial charge in [-0.15, -0.1) is 0 Å². The Hall–Kier alpha value is -2.57. The van der Waals surface area contributed by atoms with Crippen molar-refractivity contribution in [1.82, 2.24) is 15.5 Å². The van der Waals surface area contributed by atoms with Crippen LogP contribution in [0.25, 0.3) is 0 Å². The Labute approximate surface area is 166 Å². The van der Waals surface area contributed by atoms with Crippen LogP contribution in [-0.4, -0.2) is 29.3 Å². The normalized spacial score (nSPS) is 14.9. The molecule has 1 fully saturated rings. The molecule has 4 amide bonds. The summed E-state index contributed by atoms with van der Waals surface area (Å²) in [6.45, 7) is 2.02. The molecular weight excluding hydrogens is 389 g/mol. The van der Waals surface area contributed by atoms with Gasteiger partial charge < -0.3 is 10.6 Å². The first-order chi connectivity index (χ1) is 12.8. The molecule has 0 bridgehead atoms. The molecule has 1 atom stereocenters. The lowest BCUT2D eigenvalue weighted by Gasteiger charge is -2.16. The van der Waals surface area contributed by atoms with E-state index in [1.807, 2.05) is 6.92 Å². The number of halogens is 2. The van der Waals surface area contributed by atoms with Gasteiger partial charge in [-0.3, -0.25) is 14.5 Å². The van der Waals surface area contributed by atoms with Gasteiger partial charge in [0.15, 0.2) is 0 Å². The number of hydrogen-bond donors (Lipinski definition) is 2. The predicted octanol–water partition coefficient (Wildman–Crippen LogP) is 3.54. The van der Waals surface area contributed by atoms with Crippen molar-refractivity contribution in [3.63, 3.8) is 0 Å². The van der Waals surface area contributed by atoms with Crippen LogP contribution in [0.4, 0.5) is 4.79 Å². The summed E-state index contributed by atoms with van der Waals surface area (Å²) in [6, 6.07) is 11.2. The molecular formula is C19H17Cl2N3O3. The fraction of sp³-hybridized carbons (Fsp3) is 0.211. The van der Waals surface area contributed by atoms with Gasteiger partial charge in [0, 0.05) is 15.6 Å². The summed E-state index contributed by atoms with van der Waals surface area (Å²) < 4.78 is 0. The molecule has 140 valence electrons. The van der Waals surface area contributed by atoms with Gasteiger partial charge in [0.05, 0.1) is 19.1 Å². The van der Waals surface area contributed by atoms with Crippen LogP contribution in [0.5, 0.6) is 0 Å². The van der Waals surface area contributed by atoms with Crippen molar-refractivity contribution in [3.05, 3.63) is 69.2 Å². The number of carbonyl (C=O) groups is 3. The summed E-state index contributed by atoms with van der Waals surface area (Å²) in [7, 11) is 0. The lowest BCUT2D eigenvalue weighted by molar-refractivity contribution is -0.125. The zero-order valence-corrected chi connectivity index (χ0v) is 16.0. The van der Waals surface area contributed by atoms with Crippen molar-refractivity contribution < 1.29 is 14.4 Å². The van der Waals surface area contributed by atoms with Gasteiger partial charge in [-0.2, -0.15) is 0 Å². The van der Waals surface area contributed by atoms with Crippen LogP contribution in [0, 0.1) is 0 Å². The van der Waals surface area contributed by atoms with Crippen molar-refractivity contribution in [2.45, 2.75) is 19.5 Å². The molecule has 6 nitrogen and oxygen atoms in total. The first-order valence-electron chi connectivity index (χ1n) is 8.28. The van der Waals surface area contributed by atoms with Crippen molar-refractivity contribution in [2.24, 2.45) is 0 Å². The minimum Gasteiger partial charge on any atom is -0.345 e. The van der Waals surface area contributed by atoms with Crippen LogP contribution in [-0.2, 0) is 11.3 Å². The molecule has 1 aliphatic heterocycles. The zero-order chi connectivity index (χ0) is 19.6. The van der Waals surface area contributed by atoms with Gasteiger partial charge in [0.25, 0.3) is 5.91 Å². The maximum absolute atomic E-state index is 12.5. The highest BCUT2D eigenvalue weighted by Crippen LogP contribution is 2.26. The number of nitrogens with zero attached hydrogens (tertiary/aromatic N) is 1. The quantitative estimate of drug-likeness (QED) is 0.746. The average molecular weight is 406 g/mol. The summed E-state index contributed by atoms with van der Waals surface area (Å²) in [4.78, 5) is 36.8. The summed E-state index contributed by atoms with van der Waals surface area (Å²) in [6.07, 6.45) is 0. The Balaban J connectivity index is 1.65. The van der Waals surface area contributed by atoms with E-state index in [9.17, 15) is 14.4 Å². The van der Waals surface area contributed by atoms with Crippen molar-refractivity contribution >= 4 is 41.0 Å². The highest BCUT2D eigenvalue weighted by Gasteiger charge is 2.28. The largest absolute Gasteiger partial charge is 0.345 e. The Bertz CT molecular complexity index is 884. The predicted molar refractivity (Wildman–Crippen MR) is 103 cm³/mol. The first-order valence-corrected chi connectivity index (χ1v) is 9.03. The third kappa shape index (κ3) is 4.40. The molecule has 1 aliphatic rings. The third-order valence-electron chi connectivity index (χ3n) is 4.27. The molecule has 0 spiro atoms. The average Bonchev–Trinajstić information content (AvgIpc) is 2.94. The van der Waals surface area contributed by atoms with Gasteiger partial charge in [-0.25, -0.2) is 4.79 Å². The fourth-order valence-electron chi connectivity index (χ4n) is 2.77. The Kier molecular flexibility index (Phi) is 5.68. The van der Waals surface area contributed by atoms with Crippen molar-refractivity contribution in [3.8, 4) is 0 Å². The number of carbonyl (C=O) groups excluding carboxylic acids is 3. The molecule has 0 unspecified atom stereocenters. The second kappa shape index (κ2) is 7.98. The van der Waals surface area contributed by atoms with E-state index >= 15 is 0 Å². The number of urea groups is 1. The summed E-state index contributed by atoms with van der Waals surface area (Å²) >= 11 is 12.1. The first kappa shape index (κ1) is 19.2. The molecule has 0 aliphatic carbocycles. The highest BCUT2D eigenvalue weighted by atomic mass is 35.5. The van der Waals surface area contributed by atoms with Gasteiger partial charge in [0.1, 0.15) is 0 Å². The number of rotatable bonds is 5. The Morgan fingerprint density at radius 1 is 1.19 bits per heavy atom. The maximum Gasteiger partial charge on any atom is 0.324 e. The Morgan fingerprint density at radius 2 is 1.89 bits per heavy atom. The second-order valence-corrected chi connectivity index (χ2v) is 7.04. The molecule has 2 aromatic rings. The van der Waals surface area contributed by atoms with Gasteiger partial charge in [0.2, 0.25) is 5.91 Å². The third-order valence-corrected chi connectivity index (χ3v) is 4.83. The van der Waals surface area contributed by atoms with E-state index in [0.717, 1.165) is 16.0 Å². The van der Waals surface area contributed by atoms with Crippen LogP contribution in [0.2, 0.25) is 10.0 Å². The maximum atomic E-state index is 12.5. The molecule has 2 aromatic carbocycles. The monoisotopic (exact) mass is 405 g/mol. The number of benzene rings is 2. The molecule has 8 heteroatoms. The number of nitrogens with one attached hydrogen (secondary N) is 2. The Morgan fingerprint density at radius 3 is 2.48 bits per heavy atom. The summed E-state index contributed by atoms with van der Waals surface area (Å²) in [5.41, 5.74) is 1.99. The summed E-state index contributed by atoms with van der Waals surface area (Å²) in [5, 5.41) is 6.37. The van der Waals surface area contributed by atoms with Crippen LogP contribution < -0.4 is 10.6 Å². The molecule has 1 heterocycles. The second-order valence-electron chi connectivity index (χ2n) is 6.20. The van der Waals surface area contributed by atoms with Gasteiger partial charge in [-0.05, 0) is 42.3 Å². The molecule has 2 N–H and O–H groups in total. The topological polar surface area (TPSA) is 78.5 Å². The van der Waals surface area contributed by atoms with E-state index in [1.165, 1.54) is 0 Å². The van der Waals surface area contributed by atoms with Gasteiger partial charge >= 0.3 is 6.03 Å². The van der Waals surface area contributed by atoms with Crippen LogP contribution in [0.15, 0.2) is 42.5 Å². The van der Waals surface area contributed by atoms with Gasteiger partial charge in [-0.1, -0.05) is 41.4 Å². The smallest absolute Gasteiger partial charge is 0.324 e. The van der Waals surface area contributed by atoms with E-state index in [-0.39, 0.29) is 30.9 Å². The van der Waals surface area contributed by atoms with Crippen molar-refractivity contribution in [2.75, 3.05) is 6.54 Å². The van der Waals surface area contributed by atoms with Crippen LogP contribution in [0.3, 0.4) is 0 Å². The van der Waals surface area contributed by atoms with E-state index in [1.54, 1.807) is 42.5 Å². The highest BCUT2D eigenvalue weighted by molar-refractivity contribution is 6.35. The lowest BCUT2D eigenvalue weighted by Crippen LogP contribution is -2.30. The standard InChI is InChI=1S/C19H17Cl2N3O3/c1-11(15-7-6-14(20)8-16(15)21)23-18(26)13-4-2-12(3-5-13)10-24-17(25)9-22-19(24)27/h2-8,11H,9-10H2,1H3,(H,22,27)(H,23,26)/t11-/m1/s1. The van der Waals surface area contributed by atoms with E-state index in [0.29, 0.717) is 15.6 Å². The molecule has 27 heavy (non-hydrogen) atoms. The molecule has 3 rings (SSSR count). The molecule has 0 radical (unpaired) electrons. The molecule has 0 aromatic heterocycles.